The molecule has 18 heavy (non-hydrogen) atoms. The molecule has 0 aromatic heterocycles. The van der Waals surface area contributed by atoms with Gasteiger partial charge in [-0.15, -0.1) is 0 Å². The Bertz CT molecular complexity index is 435. The second-order valence-corrected chi connectivity index (χ2v) is 5.06. The Morgan fingerprint density at radius 2 is 2.17 bits per heavy atom. The van der Waals surface area contributed by atoms with E-state index in [4.69, 9.17) is 4.74 Å². The smallest absolute Gasteiger partial charge is 0.125 e. The number of hydrogen-bond acceptors (Lipinski definition) is 3. The minimum absolute atomic E-state index is 0.380. The van der Waals surface area contributed by atoms with E-state index < -0.39 is 0 Å². The maximum absolute atomic E-state index is 9.45. The third-order valence-electron chi connectivity index (χ3n) is 3.88. The number of nitriles is 1. The Morgan fingerprint density at radius 3 is 2.67 bits per heavy atom. The highest BCUT2D eigenvalue weighted by Gasteiger charge is 2.38. The first-order valence-electron chi connectivity index (χ1n) is 6.55. The van der Waals surface area contributed by atoms with Crippen LogP contribution in [0.4, 0.5) is 5.69 Å². The molecular formula is C15H20N2O. The van der Waals surface area contributed by atoms with E-state index in [0.29, 0.717) is 5.92 Å². The van der Waals surface area contributed by atoms with E-state index in [2.05, 4.69) is 18.3 Å². The second-order valence-electron chi connectivity index (χ2n) is 5.06. The van der Waals surface area contributed by atoms with Crippen molar-refractivity contribution in [2.45, 2.75) is 38.1 Å². The summed E-state index contributed by atoms with van der Waals surface area (Å²) < 4.78 is 5.13. The molecule has 1 aliphatic carbocycles. The average Bonchev–Trinajstić information content (AvgIpc) is 2.84. The van der Waals surface area contributed by atoms with Gasteiger partial charge in [-0.2, -0.15) is 5.26 Å². The van der Waals surface area contributed by atoms with E-state index in [0.717, 1.165) is 37.1 Å². The van der Waals surface area contributed by atoms with Crippen molar-refractivity contribution in [2.24, 2.45) is 5.92 Å². The molecule has 96 valence electrons. The molecule has 3 nitrogen and oxygen atoms in total. The number of nitrogens with one attached hydrogen (secondary N) is 1. The summed E-state index contributed by atoms with van der Waals surface area (Å²) >= 11 is 0. The Labute approximate surface area is 109 Å². The van der Waals surface area contributed by atoms with Crippen molar-refractivity contribution in [3.8, 4) is 11.8 Å². The van der Waals surface area contributed by atoms with Gasteiger partial charge in [0.25, 0.3) is 0 Å². The number of methoxy groups -OCH3 is 1. The lowest BCUT2D eigenvalue weighted by atomic mass is 9.96. The summed E-state index contributed by atoms with van der Waals surface area (Å²) in [6.45, 7) is 2.20. The largest absolute Gasteiger partial charge is 0.497 e. The first-order valence-corrected chi connectivity index (χ1v) is 6.55. The summed E-state index contributed by atoms with van der Waals surface area (Å²) in [4.78, 5) is 0. The minimum Gasteiger partial charge on any atom is -0.497 e. The van der Waals surface area contributed by atoms with E-state index in [1.807, 2.05) is 24.3 Å². The van der Waals surface area contributed by atoms with E-state index in [9.17, 15) is 5.26 Å². The predicted octanol–water partition coefficient (Wildman–Crippen LogP) is 3.58. The van der Waals surface area contributed by atoms with Crippen LogP contribution in [0, 0.1) is 17.2 Å². The maximum Gasteiger partial charge on any atom is 0.125 e. The molecule has 0 aliphatic heterocycles. The van der Waals surface area contributed by atoms with Gasteiger partial charge >= 0.3 is 0 Å². The molecule has 1 aromatic carbocycles. The van der Waals surface area contributed by atoms with Gasteiger partial charge in [-0.1, -0.05) is 13.3 Å². The Hall–Kier alpha value is -1.69. The Kier molecular flexibility index (Phi) is 3.76. The third-order valence-corrected chi connectivity index (χ3v) is 3.88. The monoisotopic (exact) mass is 244 g/mol. The van der Waals surface area contributed by atoms with Gasteiger partial charge in [0, 0.05) is 5.69 Å². The summed E-state index contributed by atoms with van der Waals surface area (Å²) in [5.74, 6) is 1.51. The summed E-state index contributed by atoms with van der Waals surface area (Å²) in [5, 5.41) is 12.9. The molecule has 3 heteroatoms. The third kappa shape index (κ3) is 2.59. The maximum atomic E-state index is 9.45. The first kappa shape index (κ1) is 12.8. The van der Waals surface area contributed by atoms with Gasteiger partial charge < -0.3 is 10.1 Å². The minimum atomic E-state index is -0.380. The molecular weight excluding hydrogens is 224 g/mol. The molecule has 1 N–H and O–H groups in total. The molecule has 1 fully saturated rings. The van der Waals surface area contributed by atoms with Crippen LogP contribution in [0.15, 0.2) is 24.3 Å². The molecule has 2 rings (SSSR count). The fourth-order valence-corrected chi connectivity index (χ4v) is 2.69. The van der Waals surface area contributed by atoms with Gasteiger partial charge in [0.2, 0.25) is 0 Å². The Morgan fingerprint density at radius 1 is 1.44 bits per heavy atom. The SMILES string of the molecule is CCC1CCC(C#N)(Nc2ccc(OC)cc2)C1. The summed E-state index contributed by atoms with van der Waals surface area (Å²) in [7, 11) is 1.65. The highest BCUT2D eigenvalue weighted by molar-refractivity contribution is 5.50. The van der Waals surface area contributed by atoms with Crippen molar-refractivity contribution in [3.05, 3.63) is 24.3 Å². The number of anilines is 1. The molecule has 0 saturated heterocycles. The van der Waals surface area contributed by atoms with Gasteiger partial charge in [-0.25, -0.2) is 0 Å². The summed E-state index contributed by atoms with van der Waals surface area (Å²) in [5.41, 5.74) is 0.615. The number of hydrogen-bond donors (Lipinski definition) is 1. The molecule has 0 amide bonds. The van der Waals surface area contributed by atoms with Crippen LogP contribution in [-0.2, 0) is 0 Å². The Balaban J connectivity index is 2.09. The fourth-order valence-electron chi connectivity index (χ4n) is 2.69. The van der Waals surface area contributed by atoms with Crippen LogP contribution in [0.1, 0.15) is 32.6 Å². The van der Waals surface area contributed by atoms with Gasteiger partial charge in [0.1, 0.15) is 11.3 Å². The molecule has 2 unspecified atom stereocenters. The van der Waals surface area contributed by atoms with Crippen molar-refractivity contribution in [1.29, 1.82) is 5.26 Å². The molecule has 1 saturated carbocycles. The van der Waals surface area contributed by atoms with E-state index in [1.165, 1.54) is 0 Å². The normalized spacial score (nSPS) is 26.6. The van der Waals surface area contributed by atoms with Gasteiger partial charge in [-0.3, -0.25) is 0 Å². The first-order chi connectivity index (χ1) is 8.71. The zero-order valence-electron chi connectivity index (χ0n) is 11.1. The van der Waals surface area contributed by atoms with Crippen LogP contribution in [0.25, 0.3) is 0 Å². The summed E-state index contributed by atoms with van der Waals surface area (Å²) in [6.07, 6.45) is 4.20. The zero-order chi connectivity index (χ0) is 13.0. The van der Waals surface area contributed by atoms with E-state index in [1.54, 1.807) is 7.11 Å². The van der Waals surface area contributed by atoms with Crippen LogP contribution in [0.2, 0.25) is 0 Å². The van der Waals surface area contributed by atoms with E-state index in [-0.39, 0.29) is 5.54 Å². The summed E-state index contributed by atoms with van der Waals surface area (Å²) in [6, 6.07) is 10.2. The van der Waals surface area contributed by atoms with Crippen LogP contribution < -0.4 is 10.1 Å². The van der Waals surface area contributed by atoms with Crippen molar-refractivity contribution in [1.82, 2.24) is 0 Å². The van der Waals surface area contributed by atoms with Crippen LogP contribution in [0.5, 0.6) is 5.75 Å². The number of ether oxygens (including phenoxy) is 1. The number of benzene rings is 1. The topological polar surface area (TPSA) is 45.0 Å². The van der Waals surface area contributed by atoms with Crippen LogP contribution in [0.3, 0.4) is 0 Å². The molecule has 0 radical (unpaired) electrons. The van der Waals surface area contributed by atoms with Crippen LogP contribution in [-0.4, -0.2) is 12.6 Å². The quantitative estimate of drug-likeness (QED) is 0.880. The average molecular weight is 244 g/mol. The predicted molar refractivity (Wildman–Crippen MR) is 72.6 cm³/mol. The zero-order valence-corrected chi connectivity index (χ0v) is 11.1. The van der Waals surface area contributed by atoms with Crippen LogP contribution >= 0.6 is 0 Å². The molecule has 0 heterocycles. The van der Waals surface area contributed by atoms with Crippen molar-refractivity contribution < 1.29 is 4.74 Å². The van der Waals surface area contributed by atoms with Crippen molar-refractivity contribution in [3.63, 3.8) is 0 Å². The highest BCUT2D eigenvalue weighted by Crippen LogP contribution is 2.38. The standard InChI is InChI=1S/C15H20N2O/c1-3-12-8-9-15(10-12,11-16)17-13-4-6-14(18-2)7-5-13/h4-7,12,17H,3,8-10H2,1-2H3. The van der Waals surface area contributed by atoms with Gasteiger partial charge in [0.15, 0.2) is 0 Å². The molecule has 0 bridgehead atoms. The van der Waals surface area contributed by atoms with E-state index >= 15 is 0 Å². The molecule has 1 aromatic rings. The highest BCUT2D eigenvalue weighted by atomic mass is 16.5. The fraction of sp³-hybridized carbons (Fsp3) is 0.533. The number of nitrogens with zero attached hydrogens (tertiary/aromatic N) is 1. The van der Waals surface area contributed by atoms with Gasteiger partial charge in [-0.05, 0) is 49.4 Å². The van der Waals surface area contributed by atoms with Gasteiger partial charge in [0.05, 0.1) is 13.2 Å². The van der Waals surface area contributed by atoms with Crippen molar-refractivity contribution >= 4 is 5.69 Å². The number of rotatable bonds is 4. The molecule has 1 aliphatic rings. The molecule has 2 atom stereocenters. The molecule has 0 spiro atoms. The second kappa shape index (κ2) is 5.30. The lowest BCUT2D eigenvalue weighted by molar-refractivity contribution is 0.415. The van der Waals surface area contributed by atoms with Crippen molar-refractivity contribution in [2.75, 3.05) is 12.4 Å². The lowest BCUT2D eigenvalue weighted by Crippen LogP contribution is -2.33. The lowest BCUT2D eigenvalue weighted by Gasteiger charge is -2.24.